The highest BCUT2D eigenvalue weighted by Gasteiger charge is 2.49. The quantitative estimate of drug-likeness (QED) is 0.164. The molecule has 0 bridgehead atoms. The van der Waals surface area contributed by atoms with Crippen molar-refractivity contribution < 1.29 is 28.7 Å². The molecule has 13 heteroatoms. The van der Waals surface area contributed by atoms with E-state index in [1.807, 2.05) is 43.3 Å². The van der Waals surface area contributed by atoms with E-state index in [0.29, 0.717) is 63.3 Å². The van der Waals surface area contributed by atoms with Crippen LogP contribution < -0.4 is 32.6 Å². The normalized spacial score (nSPS) is 20.8. The molecule has 12 nitrogen and oxygen atoms in total. The summed E-state index contributed by atoms with van der Waals surface area (Å²) in [5.74, 6) is 0.120. The second kappa shape index (κ2) is 13.6. The number of anilines is 1. The highest BCUT2D eigenvalue weighted by atomic mass is 32.1. The van der Waals surface area contributed by atoms with Gasteiger partial charge in [0.25, 0.3) is 5.91 Å². The van der Waals surface area contributed by atoms with Gasteiger partial charge in [-0.2, -0.15) is 0 Å². The molecule has 1 aliphatic carbocycles. The van der Waals surface area contributed by atoms with Crippen molar-refractivity contribution >= 4 is 50.8 Å². The minimum Gasteiger partial charge on any atom is -0.457 e. The average molecular weight is 713 g/mol. The van der Waals surface area contributed by atoms with E-state index in [0.717, 1.165) is 5.56 Å². The molecule has 4 atom stereocenters. The maximum absolute atomic E-state index is 14.3. The minimum absolute atomic E-state index is 0.249. The summed E-state index contributed by atoms with van der Waals surface area (Å²) in [5, 5.41) is 6.26. The summed E-state index contributed by atoms with van der Waals surface area (Å²) in [4.78, 5) is 55.7. The fourth-order valence-electron chi connectivity index (χ4n) is 6.96. The first-order chi connectivity index (χ1) is 24.1. The number of ketones is 1. The third-order valence-electron chi connectivity index (χ3n) is 9.29. The lowest BCUT2D eigenvalue weighted by Crippen LogP contribution is -2.55. The van der Waals surface area contributed by atoms with Crippen LogP contribution in [0.4, 0.5) is 10.5 Å². The van der Waals surface area contributed by atoms with E-state index in [-0.39, 0.29) is 23.4 Å². The molecule has 51 heavy (non-hydrogen) atoms. The molecule has 3 aromatic carbocycles. The second-order valence-electron chi connectivity index (χ2n) is 14.3. The molecule has 268 valence electrons. The molecule has 0 saturated carbocycles. The van der Waals surface area contributed by atoms with Gasteiger partial charge in [-0.15, -0.1) is 11.3 Å². The number of Topliss-reactive ketones (excluding diaryl/α,β-unsaturated/α-hetero) is 1. The predicted molar refractivity (Wildman–Crippen MR) is 197 cm³/mol. The van der Waals surface area contributed by atoms with Crippen LogP contribution in [0.1, 0.15) is 78.5 Å². The third kappa shape index (κ3) is 6.88. The molecule has 1 saturated heterocycles. The number of aryl methyl sites for hydroxylation is 1. The van der Waals surface area contributed by atoms with Crippen LogP contribution in [-0.2, 0) is 19.9 Å². The Balaban J connectivity index is 1.26. The van der Waals surface area contributed by atoms with E-state index < -0.39 is 41.0 Å². The zero-order valence-electron chi connectivity index (χ0n) is 29.4. The van der Waals surface area contributed by atoms with Crippen molar-refractivity contribution in [2.75, 3.05) is 18.8 Å². The highest BCUT2D eigenvalue weighted by Crippen LogP contribution is 2.50. The molecule has 6 rings (SSSR count). The topological polar surface area (TPSA) is 192 Å². The van der Waals surface area contributed by atoms with Crippen molar-refractivity contribution in [3.8, 4) is 11.5 Å². The minimum atomic E-state index is -1.61. The number of nitrogen functional groups attached to an aromatic ring is 1. The van der Waals surface area contributed by atoms with E-state index in [2.05, 4.69) is 10.6 Å². The van der Waals surface area contributed by atoms with E-state index in [1.165, 1.54) is 11.3 Å². The van der Waals surface area contributed by atoms with Crippen LogP contribution in [0.2, 0.25) is 0 Å². The van der Waals surface area contributed by atoms with Crippen LogP contribution in [0.3, 0.4) is 0 Å². The van der Waals surface area contributed by atoms with Crippen molar-refractivity contribution in [1.29, 1.82) is 0 Å². The number of ether oxygens (including phenoxy) is 2. The Labute approximate surface area is 300 Å². The lowest BCUT2D eigenvalue weighted by atomic mass is 9.69. The maximum Gasteiger partial charge on any atom is 0.408 e. The van der Waals surface area contributed by atoms with Crippen LogP contribution in [0.25, 0.3) is 10.1 Å². The van der Waals surface area contributed by atoms with Gasteiger partial charge in [0.1, 0.15) is 28.7 Å². The zero-order chi connectivity index (χ0) is 36.8. The summed E-state index contributed by atoms with van der Waals surface area (Å²) >= 11 is 1.17. The Bertz CT molecular complexity index is 2020. The van der Waals surface area contributed by atoms with E-state index in [9.17, 15) is 19.2 Å². The Morgan fingerprint density at radius 2 is 1.75 bits per heavy atom. The molecule has 1 aliphatic heterocycles. The summed E-state index contributed by atoms with van der Waals surface area (Å²) in [6, 6.07) is 15.8. The summed E-state index contributed by atoms with van der Waals surface area (Å²) in [7, 11) is 0. The predicted octanol–water partition coefficient (Wildman–Crippen LogP) is 5.00. The van der Waals surface area contributed by atoms with Gasteiger partial charge in [0.05, 0.1) is 15.6 Å². The first kappa shape index (κ1) is 35.8. The number of piperidine rings is 1. The third-order valence-corrected chi connectivity index (χ3v) is 10.5. The van der Waals surface area contributed by atoms with Gasteiger partial charge < -0.3 is 42.2 Å². The van der Waals surface area contributed by atoms with Gasteiger partial charge in [-0.1, -0.05) is 30.3 Å². The van der Waals surface area contributed by atoms with E-state index in [1.54, 1.807) is 56.9 Å². The number of nitrogens with zero attached hydrogens (tertiary/aromatic N) is 1. The van der Waals surface area contributed by atoms with Gasteiger partial charge in [-0.25, -0.2) is 4.79 Å². The van der Waals surface area contributed by atoms with Crippen LogP contribution in [0.15, 0.2) is 60.7 Å². The zero-order valence-corrected chi connectivity index (χ0v) is 30.2. The molecule has 4 aromatic rings. The van der Waals surface area contributed by atoms with Gasteiger partial charge >= 0.3 is 6.09 Å². The first-order valence-electron chi connectivity index (χ1n) is 17.0. The smallest absolute Gasteiger partial charge is 0.408 e. The van der Waals surface area contributed by atoms with Crippen molar-refractivity contribution in [1.82, 2.24) is 15.5 Å². The lowest BCUT2D eigenvalue weighted by molar-refractivity contribution is -0.134. The monoisotopic (exact) mass is 712 g/mol. The Morgan fingerprint density at radius 1 is 1.04 bits per heavy atom. The van der Waals surface area contributed by atoms with Crippen LogP contribution in [0.5, 0.6) is 11.5 Å². The molecule has 2 aliphatic rings. The number of amides is 3. The molecule has 2 unspecified atom stereocenters. The molecule has 1 aromatic heterocycles. The van der Waals surface area contributed by atoms with Crippen LogP contribution in [-0.4, -0.2) is 59.4 Å². The summed E-state index contributed by atoms with van der Waals surface area (Å²) in [6.07, 6.45) is 0.602. The number of alkyl carbamates (subject to hydrolysis) is 1. The van der Waals surface area contributed by atoms with Gasteiger partial charge in [-0.3, -0.25) is 14.4 Å². The highest BCUT2D eigenvalue weighted by molar-refractivity contribution is 7.21. The largest absolute Gasteiger partial charge is 0.457 e. The van der Waals surface area contributed by atoms with Gasteiger partial charge in [-0.05, 0) is 94.5 Å². The first-order valence-corrected chi connectivity index (χ1v) is 17.8. The lowest BCUT2D eigenvalue weighted by Gasteiger charge is -2.37. The number of carbonyl (C=O) groups is 4. The van der Waals surface area contributed by atoms with Crippen molar-refractivity contribution in [3.05, 3.63) is 87.8 Å². The molecular formula is C38H44N6O6S. The Hall–Kier alpha value is -4.98. The number of thiophene rings is 1. The standard InChI is InChI=1S/C38H44N6O6S/c1-20-18-24(49-23-11-7-6-8-12-23)13-14-25(20)38(41)26-15-16-27(39)31-28(26)29(30(40)33(38)45)32(51-31)34(46)43-22-10-9-17-44(19-22)35(47)21(2)42-36(48)50-37(3,4)5/h6-8,11-16,18,21-22,30H,9-10,17,19,39-41H2,1-5H3,(H,42,48)(H,43,46)/t21-,22-,30?,38?/m1/s1. The van der Waals surface area contributed by atoms with Crippen molar-refractivity contribution in [3.63, 3.8) is 0 Å². The number of likely N-dealkylation sites (tertiary alicyclic amines) is 1. The van der Waals surface area contributed by atoms with Crippen molar-refractivity contribution in [2.24, 2.45) is 11.5 Å². The molecule has 0 spiro atoms. The number of para-hydroxylation sites is 1. The van der Waals surface area contributed by atoms with Gasteiger partial charge in [0.2, 0.25) is 5.91 Å². The van der Waals surface area contributed by atoms with E-state index >= 15 is 0 Å². The second-order valence-corrected chi connectivity index (χ2v) is 15.3. The fraction of sp³-hybridized carbons (Fsp3) is 0.368. The van der Waals surface area contributed by atoms with Gasteiger partial charge in [0, 0.05) is 35.8 Å². The number of rotatable bonds is 7. The SMILES string of the molecule is Cc1cc(Oc2ccccc2)ccc1C1(N)C(=O)C(N)c2c(C(=O)N[C@@H]3CCCN(C(=O)[C@@H](C)NC(=O)OC(C)(C)C)C3)sc3c(N)ccc1c23. The van der Waals surface area contributed by atoms with Crippen LogP contribution in [0, 0.1) is 6.92 Å². The summed E-state index contributed by atoms with van der Waals surface area (Å²) in [5.41, 5.74) is 20.6. The number of nitrogens with one attached hydrogen (secondary N) is 2. The number of benzene rings is 3. The number of hydrogen-bond acceptors (Lipinski definition) is 10. The number of carbonyl (C=O) groups excluding carboxylic acids is 4. The molecule has 0 radical (unpaired) electrons. The molecule has 1 fully saturated rings. The van der Waals surface area contributed by atoms with Crippen LogP contribution >= 0.6 is 11.3 Å². The fourth-order valence-corrected chi connectivity index (χ4v) is 8.16. The molecular weight excluding hydrogens is 669 g/mol. The summed E-state index contributed by atoms with van der Waals surface area (Å²) < 4.78 is 11.9. The Kier molecular flexibility index (Phi) is 9.57. The Morgan fingerprint density at radius 3 is 2.43 bits per heavy atom. The molecule has 2 heterocycles. The summed E-state index contributed by atoms with van der Waals surface area (Å²) in [6.45, 7) is 9.43. The van der Waals surface area contributed by atoms with Gasteiger partial charge in [0.15, 0.2) is 5.78 Å². The van der Waals surface area contributed by atoms with E-state index in [4.69, 9.17) is 26.7 Å². The number of nitrogens with two attached hydrogens (primary N) is 3. The molecule has 3 amide bonds. The maximum atomic E-state index is 14.3. The number of hydrogen-bond donors (Lipinski definition) is 5. The van der Waals surface area contributed by atoms with Crippen molar-refractivity contribution in [2.45, 2.75) is 76.7 Å². The average Bonchev–Trinajstić information content (AvgIpc) is 3.48. The molecule has 8 N–H and O–H groups in total.